The lowest BCUT2D eigenvalue weighted by molar-refractivity contribution is -0.116. The van der Waals surface area contributed by atoms with Crippen molar-refractivity contribution in [2.24, 2.45) is 0 Å². The van der Waals surface area contributed by atoms with Crippen molar-refractivity contribution in [2.45, 2.75) is 80.6 Å². The molecule has 5 aromatic heterocycles. The zero-order chi connectivity index (χ0) is 100. The van der Waals surface area contributed by atoms with E-state index in [-0.39, 0.29) is 101 Å². The molecule has 5 N–H and O–H groups in total. The standard InChI is InChI=1S/C23H22FN3O2.C21H17Cl2N3O2.2C21H17ClFN3O2.C21H18ClN3O2/c1-15-5-4-6-18(16(15)2)13-23(29)26-20-11-12-25-22(14-20)27(17(3)28)21-9-7-19(24)8-10-21;2*1-14(27)26(16-6-3-2-4-7-16)20-12-15(10-11-24-20)25-21(28)13-17-18(22)8-5-9-19(17)23;1-14(27)26(18-5-3-2-4-6-18)20-13-17(9-10-24-20)25-21(28)11-15-7-8-16(23)12-19(15)22;1-15(26)25(18-8-3-2-4-9-18)20-14-17(11-12-23-20)24-21(27)13-16-7-5-6-10-19(16)22/h4-12,14H,13H2,1-3H3,(H,25,26,29);2*2-12H,13H2,1H3,(H,24,25,28);2-10,12-13H,11H2,1H3,(H,24,25,28);2-12,14H,13H2,1H3,(H,23,24,27). The maximum Gasteiger partial charge on any atom is 0.229 e. The van der Waals surface area contributed by atoms with Crippen LogP contribution in [0.5, 0.6) is 0 Å². The molecule has 25 nitrogen and oxygen atoms in total. The van der Waals surface area contributed by atoms with Gasteiger partial charge in [0.15, 0.2) is 0 Å². The minimum absolute atomic E-state index is 0.00806. The SMILES string of the molecule is CC(=O)N(c1ccc(F)cc1)c1cc(NC(=O)Cc2cccc(C)c2C)ccn1.CC(=O)N(c1ccccc1)c1cc(NC(=O)Cc2c(Cl)cccc2Cl)ccn1.CC(=O)N(c1ccccc1)c1cc(NC(=O)Cc2c(F)cccc2Cl)ccn1.CC(=O)N(c1ccccc1)c1cc(NC(=O)Cc2ccc(F)cc2Cl)ccn1.CC(=O)N(c1ccccc1)c1cc(NC(=O)Cc2ccccc2Cl)ccn1. The Bertz CT molecular complexity index is 6750. The predicted molar refractivity (Wildman–Crippen MR) is 546 cm³/mol. The number of halogens is 8. The fourth-order valence-corrected chi connectivity index (χ4v) is 15.1. The second-order valence-electron chi connectivity index (χ2n) is 30.8. The summed E-state index contributed by atoms with van der Waals surface area (Å²) in [6, 6.07) is 84.8. The maximum absolute atomic E-state index is 13.9. The summed E-state index contributed by atoms with van der Waals surface area (Å²) in [6.45, 7) is 11.2. The summed E-state index contributed by atoms with van der Waals surface area (Å²) in [7, 11) is 0. The number of para-hydroxylation sites is 4. The molecule has 0 aliphatic heterocycles. The van der Waals surface area contributed by atoms with Crippen molar-refractivity contribution in [1.29, 1.82) is 0 Å². The first-order chi connectivity index (χ1) is 67.2. The predicted octanol–water partition coefficient (Wildman–Crippen LogP) is 24.0. The van der Waals surface area contributed by atoms with Gasteiger partial charge in [-0.1, -0.05) is 185 Å². The van der Waals surface area contributed by atoms with Crippen molar-refractivity contribution >= 4 is 203 Å². The maximum atomic E-state index is 13.9. The number of nitrogens with one attached hydrogen (secondary N) is 5. The molecule has 0 aliphatic carbocycles. The lowest BCUT2D eigenvalue weighted by atomic mass is 10.0. The van der Waals surface area contributed by atoms with E-state index in [4.69, 9.17) is 58.0 Å². The minimum atomic E-state index is -0.537. The van der Waals surface area contributed by atoms with E-state index in [9.17, 15) is 61.1 Å². The minimum Gasteiger partial charge on any atom is -0.326 e. The van der Waals surface area contributed by atoms with Gasteiger partial charge in [-0.05, 0) is 193 Å². The quantitative estimate of drug-likeness (QED) is 0.0355. The molecular weight excluding hydrogens is 1890 g/mol. The molecule has 0 radical (unpaired) electrons. The molecule has 0 atom stereocenters. The van der Waals surface area contributed by atoms with Crippen LogP contribution in [-0.4, -0.2) is 84.0 Å². The monoisotopic (exact) mass is 1980 g/mol. The summed E-state index contributed by atoms with van der Waals surface area (Å²) >= 11 is 30.3. The van der Waals surface area contributed by atoms with E-state index >= 15 is 0 Å². The van der Waals surface area contributed by atoms with Gasteiger partial charge in [0.2, 0.25) is 59.1 Å². The van der Waals surface area contributed by atoms with Crippen LogP contribution in [-0.2, 0) is 80.0 Å². The van der Waals surface area contributed by atoms with Crippen LogP contribution in [0.1, 0.15) is 73.6 Å². The number of pyridine rings is 5. The third kappa shape index (κ3) is 30.4. The van der Waals surface area contributed by atoms with E-state index in [1.807, 2.05) is 147 Å². The van der Waals surface area contributed by atoms with Crippen molar-refractivity contribution in [2.75, 3.05) is 51.1 Å². The largest absolute Gasteiger partial charge is 0.326 e. The van der Waals surface area contributed by atoms with E-state index < -0.39 is 23.4 Å². The first-order valence-corrected chi connectivity index (χ1v) is 45.0. The van der Waals surface area contributed by atoms with Crippen LogP contribution >= 0.6 is 58.0 Å². The molecule has 0 saturated carbocycles. The van der Waals surface area contributed by atoms with Crippen LogP contribution in [0, 0.1) is 31.3 Å². The molecule has 15 aromatic rings. The lowest BCUT2D eigenvalue weighted by Crippen LogP contribution is -2.24. The van der Waals surface area contributed by atoms with Gasteiger partial charge in [-0.3, -0.25) is 72.4 Å². The van der Waals surface area contributed by atoms with Gasteiger partial charge in [0, 0.05) is 155 Å². The zero-order valence-electron chi connectivity index (χ0n) is 76.4. The van der Waals surface area contributed by atoms with Gasteiger partial charge in [0.05, 0.1) is 60.5 Å². The van der Waals surface area contributed by atoms with Gasteiger partial charge >= 0.3 is 0 Å². The van der Waals surface area contributed by atoms with Crippen LogP contribution < -0.4 is 51.1 Å². The highest BCUT2D eigenvalue weighted by atomic mass is 35.5. The molecule has 0 spiro atoms. The van der Waals surface area contributed by atoms with Crippen LogP contribution in [0.25, 0.3) is 0 Å². The van der Waals surface area contributed by atoms with Gasteiger partial charge in [-0.15, -0.1) is 0 Å². The van der Waals surface area contributed by atoms with Gasteiger partial charge < -0.3 is 26.6 Å². The number of carbonyl (C=O) groups is 10. The molecule has 33 heteroatoms. The number of amides is 10. The summed E-state index contributed by atoms with van der Waals surface area (Å²) in [5.41, 5.74) is 10.9. The van der Waals surface area contributed by atoms with Crippen LogP contribution in [0.15, 0.2) is 334 Å². The third-order valence-electron chi connectivity index (χ3n) is 20.5. The number of carbonyl (C=O) groups excluding carboxylic acids is 10. The Labute approximate surface area is 831 Å². The summed E-state index contributed by atoms with van der Waals surface area (Å²) in [4.78, 5) is 151. The van der Waals surface area contributed by atoms with Crippen LogP contribution in [0.4, 0.5) is 99.1 Å². The Kier molecular flexibility index (Phi) is 38.1. The number of rotatable bonds is 25. The Morgan fingerprint density at radius 3 is 0.850 bits per heavy atom. The Hall–Kier alpha value is -16.1. The van der Waals surface area contributed by atoms with Crippen molar-refractivity contribution in [3.63, 3.8) is 0 Å². The number of anilines is 15. The van der Waals surface area contributed by atoms with Gasteiger partial charge in [-0.25, -0.2) is 38.1 Å². The molecule has 0 aliphatic rings. The average Bonchev–Trinajstić information content (AvgIpc) is 0.830. The highest BCUT2D eigenvalue weighted by Crippen LogP contribution is 2.35. The fraction of sp³-hybridized carbons (Fsp3) is 0.112. The normalized spacial score (nSPS) is 10.4. The first kappa shape index (κ1) is 104. The molecule has 0 fully saturated rings. The number of nitrogens with zero attached hydrogens (tertiary/aromatic N) is 10. The molecule has 0 bridgehead atoms. The van der Waals surface area contributed by atoms with E-state index in [0.29, 0.717) is 112 Å². The van der Waals surface area contributed by atoms with Gasteiger partial charge in [-0.2, -0.15) is 0 Å². The fourth-order valence-electron chi connectivity index (χ4n) is 13.9. The van der Waals surface area contributed by atoms with E-state index in [2.05, 4.69) is 51.5 Å². The third-order valence-corrected chi connectivity index (χ3v) is 22.3. The first-order valence-electron chi connectivity index (χ1n) is 43.1. The van der Waals surface area contributed by atoms with Crippen molar-refractivity contribution in [1.82, 2.24) is 24.9 Å². The van der Waals surface area contributed by atoms with Crippen LogP contribution in [0.3, 0.4) is 0 Å². The Morgan fingerprint density at radius 1 is 0.257 bits per heavy atom. The van der Waals surface area contributed by atoms with Crippen LogP contribution in [0.2, 0.25) is 25.1 Å². The molecule has 10 aromatic carbocycles. The molecule has 5 heterocycles. The summed E-state index contributed by atoms with van der Waals surface area (Å²) < 4.78 is 40.2. The van der Waals surface area contributed by atoms with E-state index in [0.717, 1.165) is 22.3 Å². The molecule has 10 amide bonds. The topological polar surface area (TPSA) is 312 Å². The van der Waals surface area contributed by atoms with Gasteiger partial charge in [0.1, 0.15) is 46.5 Å². The number of hydrogen-bond donors (Lipinski definition) is 5. The average molecular weight is 1980 g/mol. The Balaban J connectivity index is 0.000000167. The number of aromatic nitrogens is 5. The molecule has 0 unspecified atom stereocenters. The number of benzene rings is 10. The number of aryl methyl sites for hydroxylation is 1. The number of hydrogen-bond acceptors (Lipinski definition) is 15. The molecule has 0 saturated heterocycles. The highest BCUT2D eigenvalue weighted by molar-refractivity contribution is 6.36. The van der Waals surface area contributed by atoms with Crippen molar-refractivity contribution in [3.05, 3.63) is 416 Å². The Morgan fingerprint density at radius 2 is 0.521 bits per heavy atom. The second-order valence-corrected chi connectivity index (χ2v) is 32.9. The smallest absolute Gasteiger partial charge is 0.229 e. The summed E-state index contributed by atoms with van der Waals surface area (Å²) in [6.07, 6.45) is 7.82. The summed E-state index contributed by atoms with van der Waals surface area (Å²) in [5, 5.41) is 15.7. The highest BCUT2D eigenvalue weighted by Gasteiger charge is 2.25. The van der Waals surface area contributed by atoms with Crippen molar-refractivity contribution < 1.29 is 61.1 Å². The molecule has 140 heavy (non-hydrogen) atoms. The van der Waals surface area contributed by atoms with Crippen molar-refractivity contribution in [3.8, 4) is 0 Å². The summed E-state index contributed by atoms with van der Waals surface area (Å²) in [5.74, 6) is -1.91. The lowest BCUT2D eigenvalue weighted by Gasteiger charge is -2.21. The van der Waals surface area contributed by atoms with Gasteiger partial charge in [0.25, 0.3) is 0 Å². The molecule has 710 valence electrons. The second kappa shape index (κ2) is 51.2. The van der Waals surface area contributed by atoms with E-state index in [1.54, 1.807) is 115 Å². The zero-order valence-corrected chi connectivity index (χ0v) is 80.1. The molecular formula is C107H91Cl5F3N15O10. The molecule has 15 rings (SSSR count). The van der Waals surface area contributed by atoms with E-state index in [1.165, 1.54) is 145 Å².